The summed E-state index contributed by atoms with van der Waals surface area (Å²) in [5.41, 5.74) is 0. The van der Waals surface area contributed by atoms with E-state index >= 15 is 0 Å². The van der Waals surface area contributed by atoms with E-state index in [-0.39, 0.29) is 12.3 Å². The molecule has 1 heterocycles. The first-order valence-electron chi connectivity index (χ1n) is 6.22. The Morgan fingerprint density at radius 3 is 2.76 bits per heavy atom. The lowest BCUT2D eigenvalue weighted by molar-refractivity contribution is -0.137. The van der Waals surface area contributed by atoms with E-state index in [9.17, 15) is 9.59 Å². The number of likely N-dealkylation sites (tertiary alicyclic amines) is 1. The molecule has 0 aromatic rings. The summed E-state index contributed by atoms with van der Waals surface area (Å²) in [4.78, 5) is 24.1. The molecule has 1 aliphatic heterocycles. The summed E-state index contributed by atoms with van der Waals surface area (Å²) in [6, 6.07) is 0.310. The molecule has 0 aromatic heterocycles. The second-order valence-electron chi connectivity index (χ2n) is 4.96. The van der Waals surface area contributed by atoms with Crippen molar-refractivity contribution in [3.05, 3.63) is 0 Å². The Balaban J connectivity index is 2.24. The van der Waals surface area contributed by atoms with E-state index in [1.54, 1.807) is 0 Å². The Morgan fingerprint density at radius 1 is 1.47 bits per heavy atom. The van der Waals surface area contributed by atoms with Gasteiger partial charge in [0.2, 0.25) is 5.91 Å². The highest BCUT2D eigenvalue weighted by atomic mass is 16.4. The van der Waals surface area contributed by atoms with Crippen LogP contribution in [0.4, 0.5) is 0 Å². The van der Waals surface area contributed by atoms with Crippen LogP contribution in [0.3, 0.4) is 0 Å². The molecule has 1 fully saturated rings. The summed E-state index contributed by atoms with van der Waals surface area (Å²) in [6.45, 7) is 5.87. The van der Waals surface area contributed by atoms with Gasteiger partial charge in [0, 0.05) is 25.6 Å². The second kappa shape index (κ2) is 6.59. The van der Waals surface area contributed by atoms with Crippen molar-refractivity contribution in [3.63, 3.8) is 0 Å². The molecule has 5 nitrogen and oxygen atoms in total. The standard InChI is InChI=1S/C12H22N2O3/c1-9(2)13-7-11(15)14-6-5-10(8-14)3-4-12(16)17/h9-10,13H,3-8H2,1-2H3,(H,16,17). The van der Waals surface area contributed by atoms with Gasteiger partial charge in [-0.25, -0.2) is 0 Å². The Morgan fingerprint density at radius 2 is 2.18 bits per heavy atom. The Kier molecular flexibility index (Phi) is 5.41. The SMILES string of the molecule is CC(C)NCC(=O)N1CCC(CCC(=O)O)C1. The molecule has 1 unspecified atom stereocenters. The van der Waals surface area contributed by atoms with Gasteiger partial charge in [-0.3, -0.25) is 9.59 Å². The van der Waals surface area contributed by atoms with Gasteiger partial charge in [-0.05, 0) is 18.8 Å². The molecule has 1 amide bonds. The number of aliphatic carboxylic acids is 1. The predicted octanol–water partition coefficient (Wildman–Crippen LogP) is 0.698. The first-order chi connectivity index (χ1) is 7.99. The van der Waals surface area contributed by atoms with Crippen LogP contribution in [0.1, 0.15) is 33.1 Å². The van der Waals surface area contributed by atoms with Crippen molar-refractivity contribution < 1.29 is 14.7 Å². The fourth-order valence-corrected chi connectivity index (χ4v) is 2.03. The van der Waals surface area contributed by atoms with Crippen LogP contribution in [-0.2, 0) is 9.59 Å². The van der Waals surface area contributed by atoms with Crippen LogP contribution in [-0.4, -0.2) is 47.6 Å². The second-order valence-corrected chi connectivity index (χ2v) is 4.96. The summed E-state index contributed by atoms with van der Waals surface area (Å²) in [5, 5.41) is 11.7. The average molecular weight is 242 g/mol. The smallest absolute Gasteiger partial charge is 0.303 e. The molecule has 98 valence electrons. The topological polar surface area (TPSA) is 69.6 Å². The van der Waals surface area contributed by atoms with E-state index in [0.717, 1.165) is 13.0 Å². The average Bonchev–Trinajstić information content (AvgIpc) is 2.71. The van der Waals surface area contributed by atoms with Crippen LogP contribution in [0.5, 0.6) is 0 Å². The third kappa shape index (κ3) is 5.17. The summed E-state index contributed by atoms with van der Waals surface area (Å²) in [7, 11) is 0. The molecule has 1 rings (SSSR count). The maximum Gasteiger partial charge on any atom is 0.303 e. The summed E-state index contributed by atoms with van der Waals surface area (Å²) in [6.07, 6.45) is 1.81. The maximum atomic E-state index is 11.8. The minimum Gasteiger partial charge on any atom is -0.481 e. The number of carbonyl (C=O) groups is 2. The van der Waals surface area contributed by atoms with Crippen molar-refractivity contribution in [3.8, 4) is 0 Å². The van der Waals surface area contributed by atoms with Crippen LogP contribution in [0.25, 0.3) is 0 Å². The minimum absolute atomic E-state index is 0.122. The van der Waals surface area contributed by atoms with Crippen molar-refractivity contribution in [2.45, 2.75) is 39.2 Å². The summed E-state index contributed by atoms with van der Waals surface area (Å²) >= 11 is 0. The van der Waals surface area contributed by atoms with Gasteiger partial charge in [0.1, 0.15) is 0 Å². The van der Waals surface area contributed by atoms with E-state index in [1.165, 1.54) is 0 Å². The van der Waals surface area contributed by atoms with E-state index in [4.69, 9.17) is 5.11 Å². The van der Waals surface area contributed by atoms with Crippen LogP contribution in [0.2, 0.25) is 0 Å². The van der Waals surface area contributed by atoms with Gasteiger partial charge in [0.25, 0.3) is 0 Å². The summed E-state index contributed by atoms with van der Waals surface area (Å²) in [5.74, 6) is -0.276. The van der Waals surface area contributed by atoms with Crippen LogP contribution >= 0.6 is 0 Å². The highest BCUT2D eigenvalue weighted by Gasteiger charge is 2.26. The van der Waals surface area contributed by atoms with Crippen molar-refractivity contribution >= 4 is 11.9 Å². The zero-order valence-corrected chi connectivity index (χ0v) is 10.6. The molecule has 2 N–H and O–H groups in total. The molecular formula is C12H22N2O3. The minimum atomic E-state index is -0.753. The van der Waals surface area contributed by atoms with Gasteiger partial charge < -0.3 is 15.3 Å². The van der Waals surface area contributed by atoms with Crippen molar-refractivity contribution in [1.82, 2.24) is 10.2 Å². The highest BCUT2D eigenvalue weighted by Crippen LogP contribution is 2.20. The molecule has 5 heteroatoms. The quantitative estimate of drug-likeness (QED) is 0.719. The van der Waals surface area contributed by atoms with E-state index < -0.39 is 5.97 Å². The fourth-order valence-electron chi connectivity index (χ4n) is 2.03. The molecule has 1 atom stereocenters. The molecule has 17 heavy (non-hydrogen) atoms. The Bertz CT molecular complexity index is 279. The van der Waals surface area contributed by atoms with Gasteiger partial charge in [-0.1, -0.05) is 13.8 Å². The predicted molar refractivity (Wildman–Crippen MR) is 64.7 cm³/mol. The molecular weight excluding hydrogens is 220 g/mol. The first-order valence-corrected chi connectivity index (χ1v) is 6.22. The largest absolute Gasteiger partial charge is 0.481 e. The van der Waals surface area contributed by atoms with Gasteiger partial charge in [0.05, 0.1) is 6.54 Å². The van der Waals surface area contributed by atoms with E-state index in [0.29, 0.717) is 31.5 Å². The number of hydrogen-bond acceptors (Lipinski definition) is 3. The monoisotopic (exact) mass is 242 g/mol. The van der Waals surface area contributed by atoms with Crippen LogP contribution < -0.4 is 5.32 Å². The first kappa shape index (κ1) is 14.0. The number of carbonyl (C=O) groups excluding carboxylic acids is 1. The highest BCUT2D eigenvalue weighted by molar-refractivity contribution is 5.78. The van der Waals surface area contributed by atoms with Gasteiger partial charge >= 0.3 is 5.97 Å². The Labute approximate surface area is 102 Å². The number of nitrogens with zero attached hydrogens (tertiary/aromatic N) is 1. The van der Waals surface area contributed by atoms with Gasteiger partial charge in [-0.2, -0.15) is 0 Å². The van der Waals surface area contributed by atoms with Crippen LogP contribution in [0, 0.1) is 5.92 Å². The summed E-state index contributed by atoms with van der Waals surface area (Å²) < 4.78 is 0. The van der Waals surface area contributed by atoms with Crippen molar-refractivity contribution in [2.75, 3.05) is 19.6 Å². The number of carboxylic acid groups (broad SMARTS) is 1. The zero-order valence-electron chi connectivity index (χ0n) is 10.6. The van der Waals surface area contributed by atoms with E-state index in [1.807, 2.05) is 18.7 Å². The third-order valence-electron chi connectivity index (χ3n) is 3.07. The number of hydrogen-bond donors (Lipinski definition) is 2. The van der Waals surface area contributed by atoms with Gasteiger partial charge in [0.15, 0.2) is 0 Å². The molecule has 0 aliphatic carbocycles. The maximum absolute atomic E-state index is 11.8. The number of carboxylic acids is 1. The van der Waals surface area contributed by atoms with Crippen molar-refractivity contribution in [2.24, 2.45) is 5.92 Å². The molecule has 1 aliphatic rings. The molecule has 0 saturated carbocycles. The zero-order chi connectivity index (χ0) is 12.8. The third-order valence-corrected chi connectivity index (χ3v) is 3.07. The van der Waals surface area contributed by atoms with Crippen LogP contribution in [0.15, 0.2) is 0 Å². The lowest BCUT2D eigenvalue weighted by atomic mass is 10.0. The Hall–Kier alpha value is -1.10. The van der Waals surface area contributed by atoms with Gasteiger partial charge in [-0.15, -0.1) is 0 Å². The fraction of sp³-hybridized carbons (Fsp3) is 0.833. The molecule has 0 spiro atoms. The lowest BCUT2D eigenvalue weighted by Crippen LogP contribution is -2.39. The molecule has 1 saturated heterocycles. The lowest BCUT2D eigenvalue weighted by Gasteiger charge is -2.17. The number of nitrogens with one attached hydrogen (secondary N) is 1. The molecule has 0 aromatic carbocycles. The van der Waals surface area contributed by atoms with E-state index in [2.05, 4.69) is 5.32 Å². The number of amides is 1. The van der Waals surface area contributed by atoms with Crippen molar-refractivity contribution in [1.29, 1.82) is 0 Å². The normalized spacial score (nSPS) is 19.9. The number of rotatable bonds is 6. The molecule has 0 radical (unpaired) electrons. The molecule has 0 bridgehead atoms.